The van der Waals surface area contributed by atoms with Crippen molar-refractivity contribution in [1.29, 1.82) is 0 Å². The molecule has 0 saturated carbocycles. The van der Waals surface area contributed by atoms with Gasteiger partial charge in [-0.3, -0.25) is 0 Å². The zero-order valence-corrected chi connectivity index (χ0v) is 40.6. The highest BCUT2D eigenvalue weighted by atomic mass is 35.5. The standard InChI is InChI=1S/C55H107N.ClH/c1-4-7-10-13-16-19-22-25-28-31-34-37-40-43-46-49-52-55(56,53-50-47-44-41-38-35-32-29-26-23-20-17-14-11-8-5-2)54-51-48-45-42-39-36-33-30-27-24-21-18-15-12-9-6-3;/h25-30H,4-24,31-54,56H2,1-3H3;1H/b28-25-,29-26-,30-27-;. The monoisotopic (exact) mass is 818 g/mol. The average molecular weight is 819 g/mol. The fourth-order valence-corrected chi connectivity index (χ4v) is 8.55. The van der Waals surface area contributed by atoms with E-state index in [1.807, 2.05) is 0 Å². The Bertz CT molecular complexity index is 696. The molecule has 0 aromatic rings. The Hall–Kier alpha value is -0.530. The predicted octanol–water partition coefficient (Wildman–Crippen LogP) is 20.4. The molecule has 0 amide bonds. The average Bonchev–Trinajstić information content (AvgIpc) is 3.20. The van der Waals surface area contributed by atoms with Crippen molar-refractivity contribution < 1.29 is 0 Å². The van der Waals surface area contributed by atoms with E-state index in [0.29, 0.717) is 0 Å². The number of hydrogen-bond donors (Lipinski definition) is 1. The number of hydrogen-bond acceptors (Lipinski definition) is 1. The van der Waals surface area contributed by atoms with Crippen LogP contribution < -0.4 is 5.73 Å². The lowest BCUT2D eigenvalue weighted by Gasteiger charge is -2.30. The van der Waals surface area contributed by atoms with E-state index >= 15 is 0 Å². The minimum absolute atomic E-state index is 0. The number of unbranched alkanes of at least 4 members (excludes halogenated alkanes) is 36. The maximum absolute atomic E-state index is 7.26. The summed E-state index contributed by atoms with van der Waals surface area (Å²) < 4.78 is 0. The molecule has 1 nitrogen and oxygen atoms in total. The first-order valence-electron chi connectivity index (χ1n) is 26.4. The summed E-state index contributed by atoms with van der Waals surface area (Å²) in [4.78, 5) is 0. The number of nitrogens with two attached hydrogens (primary N) is 1. The van der Waals surface area contributed by atoms with Gasteiger partial charge in [-0.15, -0.1) is 12.4 Å². The summed E-state index contributed by atoms with van der Waals surface area (Å²) in [5, 5.41) is 0. The molecule has 0 aromatic carbocycles. The van der Waals surface area contributed by atoms with Crippen LogP contribution in [0.4, 0.5) is 0 Å². The second kappa shape index (κ2) is 51.6. The van der Waals surface area contributed by atoms with Crippen LogP contribution in [0.1, 0.15) is 310 Å². The fourth-order valence-electron chi connectivity index (χ4n) is 8.55. The van der Waals surface area contributed by atoms with Gasteiger partial charge in [0.2, 0.25) is 0 Å². The predicted molar refractivity (Wildman–Crippen MR) is 266 cm³/mol. The van der Waals surface area contributed by atoms with Crippen molar-refractivity contribution in [2.45, 2.75) is 315 Å². The van der Waals surface area contributed by atoms with E-state index in [4.69, 9.17) is 5.73 Å². The van der Waals surface area contributed by atoms with Crippen molar-refractivity contribution in [3.8, 4) is 0 Å². The number of halogens is 1. The van der Waals surface area contributed by atoms with Crippen LogP contribution in [0.15, 0.2) is 36.5 Å². The Kier molecular flexibility index (Phi) is 53.0. The quantitative estimate of drug-likeness (QED) is 0.0480. The molecule has 0 aliphatic rings. The highest BCUT2D eigenvalue weighted by Gasteiger charge is 2.23. The number of allylic oxidation sites excluding steroid dienone is 6. The molecular weight excluding hydrogens is 710 g/mol. The second-order valence-electron chi connectivity index (χ2n) is 18.4. The van der Waals surface area contributed by atoms with E-state index in [-0.39, 0.29) is 17.9 Å². The smallest absolute Gasteiger partial charge is 0.0154 e. The van der Waals surface area contributed by atoms with Gasteiger partial charge in [0.05, 0.1) is 0 Å². The van der Waals surface area contributed by atoms with E-state index < -0.39 is 0 Å². The third-order valence-electron chi connectivity index (χ3n) is 12.6. The zero-order valence-electron chi connectivity index (χ0n) is 39.8. The largest absolute Gasteiger partial charge is 0.325 e. The topological polar surface area (TPSA) is 26.0 Å². The lowest BCUT2D eigenvalue weighted by molar-refractivity contribution is 0.302. The van der Waals surface area contributed by atoms with Crippen molar-refractivity contribution in [3.63, 3.8) is 0 Å². The van der Waals surface area contributed by atoms with Gasteiger partial charge < -0.3 is 5.73 Å². The molecule has 0 rings (SSSR count). The van der Waals surface area contributed by atoms with Crippen LogP contribution in [0.5, 0.6) is 0 Å². The summed E-state index contributed by atoms with van der Waals surface area (Å²) in [6.45, 7) is 6.91. The number of rotatable bonds is 48. The molecule has 0 aromatic heterocycles. The molecule has 0 fully saturated rings. The highest BCUT2D eigenvalue weighted by molar-refractivity contribution is 5.85. The van der Waals surface area contributed by atoms with Crippen molar-refractivity contribution in [2.24, 2.45) is 5.73 Å². The van der Waals surface area contributed by atoms with Crippen LogP contribution in [0, 0.1) is 0 Å². The first-order chi connectivity index (χ1) is 27.7. The summed E-state index contributed by atoms with van der Waals surface area (Å²) in [5.74, 6) is 0. The molecule has 0 saturated heterocycles. The van der Waals surface area contributed by atoms with Crippen molar-refractivity contribution >= 4 is 12.4 Å². The molecule has 0 bridgehead atoms. The van der Waals surface area contributed by atoms with Gasteiger partial charge in [0.1, 0.15) is 0 Å². The Morgan fingerprint density at radius 1 is 0.246 bits per heavy atom. The van der Waals surface area contributed by atoms with Crippen LogP contribution in [-0.4, -0.2) is 5.54 Å². The molecule has 340 valence electrons. The maximum atomic E-state index is 7.26. The molecule has 0 unspecified atom stereocenters. The van der Waals surface area contributed by atoms with Crippen LogP contribution in [0.3, 0.4) is 0 Å². The minimum Gasteiger partial charge on any atom is -0.325 e. The van der Waals surface area contributed by atoms with E-state index in [2.05, 4.69) is 57.2 Å². The lowest BCUT2D eigenvalue weighted by atomic mass is 9.82. The normalized spacial score (nSPS) is 12.2. The first-order valence-corrected chi connectivity index (χ1v) is 26.4. The Morgan fingerprint density at radius 2 is 0.404 bits per heavy atom. The summed E-state index contributed by atoms with van der Waals surface area (Å²) in [5.41, 5.74) is 7.34. The Balaban J connectivity index is 0. The van der Waals surface area contributed by atoms with E-state index in [0.717, 1.165) is 0 Å². The van der Waals surface area contributed by atoms with Crippen LogP contribution in [0.2, 0.25) is 0 Å². The lowest BCUT2D eigenvalue weighted by Crippen LogP contribution is -2.39. The Morgan fingerprint density at radius 3 is 0.596 bits per heavy atom. The summed E-state index contributed by atoms with van der Waals surface area (Å²) in [7, 11) is 0. The molecule has 0 atom stereocenters. The fraction of sp³-hybridized carbons (Fsp3) is 0.891. The van der Waals surface area contributed by atoms with Gasteiger partial charge in [-0.2, -0.15) is 0 Å². The SMILES string of the molecule is CCCCCCCC/C=C\CCCCCCCCC(N)(CCCCCCCC/C=C\CCCCCCCC)CCCCCCCC/C=C\CCCCCCCC.Cl. The minimum atomic E-state index is 0. The second-order valence-corrected chi connectivity index (χ2v) is 18.4. The van der Waals surface area contributed by atoms with Gasteiger partial charge in [0, 0.05) is 5.54 Å². The van der Waals surface area contributed by atoms with Crippen molar-refractivity contribution in [3.05, 3.63) is 36.5 Å². The van der Waals surface area contributed by atoms with Crippen LogP contribution >= 0.6 is 12.4 Å². The van der Waals surface area contributed by atoms with E-state index in [1.54, 1.807) is 0 Å². The zero-order chi connectivity index (χ0) is 40.6. The maximum Gasteiger partial charge on any atom is 0.0154 e. The third kappa shape index (κ3) is 49.7. The van der Waals surface area contributed by atoms with Crippen molar-refractivity contribution in [2.75, 3.05) is 0 Å². The molecule has 2 heteroatoms. The molecule has 0 radical (unpaired) electrons. The van der Waals surface area contributed by atoms with Crippen LogP contribution in [0.25, 0.3) is 0 Å². The summed E-state index contributed by atoms with van der Waals surface area (Å²) in [6, 6.07) is 0. The summed E-state index contributed by atoms with van der Waals surface area (Å²) in [6.07, 6.45) is 76.5. The van der Waals surface area contributed by atoms with Crippen LogP contribution in [-0.2, 0) is 0 Å². The molecule has 0 aliphatic carbocycles. The molecule has 0 aliphatic heterocycles. The van der Waals surface area contributed by atoms with Gasteiger partial charge in [0.25, 0.3) is 0 Å². The summed E-state index contributed by atoms with van der Waals surface area (Å²) >= 11 is 0. The van der Waals surface area contributed by atoms with Gasteiger partial charge in [-0.1, -0.05) is 250 Å². The van der Waals surface area contributed by atoms with E-state index in [9.17, 15) is 0 Å². The third-order valence-corrected chi connectivity index (χ3v) is 12.6. The first kappa shape index (κ1) is 58.6. The molecule has 0 spiro atoms. The Labute approximate surface area is 368 Å². The highest BCUT2D eigenvalue weighted by Crippen LogP contribution is 2.27. The molecular formula is C55H108ClN. The molecule has 57 heavy (non-hydrogen) atoms. The van der Waals surface area contributed by atoms with Gasteiger partial charge >= 0.3 is 0 Å². The van der Waals surface area contributed by atoms with Gasteiger partial charge in [-0.25, -0.2) is 0 Å². The molecule has 0 heterocycles. The van der Waals surface area contributed by atoms with Gasteiger partial charge in [0.15, 0.2) is 0 Å². The molecule has 2 N–H and O–H groups in total. The van der Waals surface area contributed by atoms with Gasteiger partial charge in [-0.05, 0) is 96.3 Å². The van der Waals surface area contributed by atoms with Crippen molar-refractivity contribution in [1.82, 2.24) is 0 Å². The van der Waals surface area contributed by atoms with E-state index in [1.165, 1.54) is 289 Å².